The molecule has 2 atom stereocenters. The highest BCUT2D eigenvalue weighted by Gasteiger charge is 2.10. The van der Waals surface area contributed by atoms with Gasteiger partial charge in [-0.15, -0.1) is 0 Å². The number of methoxy groups -OCH3 is 6. The Labute approximate surface area is 253 Å². The van der Waals surface area contributed by atoms with Crippen molar-refractivity contribution in [1.29, 1.82) is 0 Å². The lowest BCUT2D eigenvalue weighted by Gasteiger charge is -2.18. The maximum absolute atomic E-state index is 5.94. The van der Waals surface area contributed by atoms with Gasteiger partial charge in [-0.05, 0) is 63.5 Å². The third-order valence-corrected chi connectivity index (χ3v) is 7.49. The van der Waals surface area contributed by atoms with E-state index in [-0.39, 0.29) is 12.6 Å². The maximum Gasteiger partial charge on any atom is 0.179 e. The van der Waals surface area contributed by atoms with Gasteiger partial charge in [0, 0.05) is 42.7 Å². The quantitative estimate of drug-likeness (QED) is 0.0442. The molecule has 0 radical (unpaired) electrons. The van der Waals surface area contributed by atoms with Crippen LogP contribution in [0.25, 0.3) is 0 Å². The summed E-state index contributed by atoms with van der Waals surface area (Å²) in [4.78, 5) is 0. The van der Waals surface area contributed by atoms with E-state index in [2.05, 4.69) is 12.2 Å². The number of rotatable bonds is 32. The molecule has 7 heteroatoms. The van der Waals surface area contributed by atoms with Crippen molar-refractivity contribution in [2.24, 2.45) is 0 Å². The maximum atomic E-state index is 5.94. The van der Waals surface area contributed by atoms with Crippen molar-refractivity contribution in [2.45, 2.75) is 154 Å². The zero-order valence-corrected chi connectivity index (χ0v) is 27.6. The predicted molar refractivity (Wildman–Crippen MR) is 169 cm³/mol. The van der Waals surface area contributed by atoms with Crippen molar-refractivity contribution in [3.8, 4) is 0 Å². The molecule has 0 rings (SSSR count). The molecule has 7 nitrogen and oxygen atoms in total. The van der Waals surface area contributed by atoms with Crippen molar-refractivity contribution in [3.63, 3.8) is 0 Å². The van der Waals surface area contributed by atoms with E-state index in [1.165, 1.54) is 103 Å². The van der Waals surface area contributed by atoms with Crippen LogP contribution >= 0.6 is 0 Å². The van der Waals surface area contributed by atoms with Crippen molar-refractivity contribution in [3.05, 3.63) is 24.3 Å². The summed E-state index contributed by atoms with van der Waals surface area (Å²) < 4.78 is 37.8. The summed E-state index contributed by atoms with van der Waals surface area (Å²) in [6.07, 6.45) is 31.8. The minimum absolute atomic E-state index is 0.0449. The predicted octanol–water partition coefficient (Wildman–Crippen LogP) is 9.10. The Morgan fingerprint density at radius 3 is 0.951 bits per heavy atom. The Morgan fingerprint density at radius 1 is 0.366 bits per heavy atom. The molecule has 0 aliphatic rings. The highest BCUT2D eigenvalue weighted by molar-refractivity contribution is 4.89. The topological polar surface area (TPSA) is 64.6 Å². The van der Waals surface area contributed by atoms with E-state index >= 15 is 0 Å². The molecule has 2 unspecified atom stereocenters. The third kappa shape index (κ3) is 26.6. The van der Waals surface area contributed by atoms with E-state index in [0.717, 1.165) is 25.7 Å². The van der Waals surface area contributed by atoms with Crippen molar-refractivity contribution >= 4 is 0 Å². The molecule has 0 spiro atoms. The molecule has 0 heterocycles. The molecule has 0 saturated carbocycles. The molecule has 0 N–H and O–H groups in total. The molecule has 0 amide bonds. The average molecular weight is 587 g/mol. The van der Waals surface area contributed by atoms with Crippen molar-refractivity contribution in [1.82, 2.24) is 0 Å². The fourth-order valence-electron chi connectivity index (χ4n) is 4.84. The van der Waals surface area contributed by atoms with Gasteiger partial charge in [-0.25, -0.2) is 0 Å². The molecule has 0 aromatic heterocycles. The molecular weight excluding hydrogens is 520 g/mol. The second-order valence-electron chi connectivity index (χ2n) is 10.8. The van der Waals surface area contributed by atoms with Gasteiger partial charge in [-0.2, -0.15) is 0 Å². The summed E-state index contributed by atoms with van der Waals surface area (Å²) in [5.41, 5.74) is 0. The van der Waals surface area contributed by atoms with Crippen LogP contribution in [0.15, 0.2) is 24.3 Å². The second kappa shape index (κ2) is 32.1. The Morgan fingerprint density at radius 2 is 0.659 bits per heavy atom. The van der Waals surface area contributed by atoms with E-state index < -0.39 is 12.6 Å². The van der Waals surface area contributed by atoms with Gasteiger partial charge in [0.15, 0.2) is 25.2 Å². The first-order valence-corrected chi connectivity index (χ1v) is 16.3. The standard InChI is InChI=1S/C34H66O7/c1-35-31(36-2)27-23-19-15-11-7-9-13-17-21-25-29-33(39-5)41-34(40-6)30-26-22-18-14-10-8-12-16-20-24-28-32(37-3)38-4/h25-26,29-34H,7-24,27-28H2,1-6H3. The second-order valence-corrected chi connectivity index (χ2v) is 10.8. The monoisotopic (exact) mass is 586 g/mol. The highest BCUT2D eigenvalue weighted by Crippen LogP contribution is 2.15. The van der Waals surface area contributed by atoms with Crippen molar-refractivity contribution in [2.75, 3.05) is 42.7 Å². The summed E-state index contributed by atoms with van der Waals surface area (Å²) >= 11 is 0. The largest absolute Gasteiger partial charge is 0.356 e. The van der Waals surface area contributed by atoms with Crippen LogP contribution in [0, 0.1) is 0 Å². The fraction of sp³-hybridized carbons (Fsp3) is 0.882. The van der Waals surface area contributed by atoms with E-state index in [4.69, 9.17) is 33.2 Å². The molecular formula is C34H66O7. The van der Waals surface area contributed by atoms with Gasteiger partial charge in [0.2, 0.25) is 0 Å². The zero-order valence-electron chi connectivity index (χ0n) is 27.6. The highest BCUT2D eigenvalue weighted by atomic mass is 16.8. The normalized spacial score (nSPS) is 13.9. The van der Waals surface area contributed by atoms with Gasteiger partial charge in [0.05, 0.1) is 0 Å². The molecule has 0 aliphatic carbocycles. The molecule has 0 aromatic carbocycles. The molecule has 41 heavy (non-hydrogen) atoms. The van der Waals surface area contributed by atoms with Crippen LogP contribution in [0.1, 0.15) is 128 Å². The molecule has 244 valence electrons. The number of allylic oxidation sites excluding steroid dienone is 2. The molecule has 0 fully saturated rings. The summed E-state index contributed by atoms with van der Waals surface area (Å²) in [5.74, 6) is 0. The van der Waals surface area contributed by atoms with Gasteiger partial charge >= 0.3 is 0 Å². The Kier molecular flexibility index (Phi) is 31.5. The lowest BCUT2D eigenvalue weighted by atomic mass is 10.1. The number of hydrogen-bond donors (Lipinski definition) is 0. The average Bonchev–Trinajstić information content (AvgIpc) is 3.00. The Bertz CT molecular complexity index is 513. The summed E-state index contributed by atoms with van der Waals surface area (Å²) in [6.45, 7) is 0. The number of hydrogen-bond acceptors (Lipinski definition) is 7. The first-order chi connectivity index (χ1) is 20.1. The molecule has 0 bridgehead atoms. The SMILES string of the molecule is COC(C=CCCCCCCCCCCC(OC)OC)OC(C=CCCCCCCCCCCC(OC)OC)OC. The minimum Gasteiger partial charge on any atom is -0.356 e. The van der Waals surface area contributed by atoms with E-state index in [1.54, 1.807) is 42.7 Å². The first kappa shape index (κ1) is 40.2. The van der Waals surface area contributed by atoms with Crippen molar-refractivity contribution < 1.29 is 33.2 Å². The Hall–Kier alpha value is -0.800. The van der Waals surface area contributed by atoms with Crippen LogP contribution in [-0.2, 0) is 33.2 Å². The van der Waals surface area contributed by atoms with Crippen LogP contribution in [0.3, 0.4) is 0 Å². The lowest BCUT2D eigenvalue weighted by molar-refractivity contribution is -0.188. The molecule has 0 saturated heterocycles. The van der Waals surface area contributed by atoms with Gasteiger partial charge in [-0.1, -0.05) is 89.2 Å². The summed E-state index contributed by atoms with van der Waals surface area (Å²) in [7, 11) is 10.2. The van der Waals surface area contributed by atoms with Crippen LogP contribution in [-0.4, -0.2) is 67.8 Å². The molecule has 0 aliphatic heterocycles. The van der Waals surface area contributed by atoms with Gasteiger partial charge in [0.25, 0.3) is 0 Å². The van der Waals surface area contributed by atoms with Crippen LogP contribution < -0.4 is 0 Å². The van der Waals surface area contributed by atoms with Crippen LogP contribution in [0.4, 0.5) is 0 Å². The van der Waals surface area contributed by atoms with Crippen LogP contribution in [0.2, 0.25) is 0 Å². The summed E-state index contributed by atoms with van der Waals surface area (Å²) in [6, 6.07) is 0. The smallest absolute Gasteiger partial charge is 0.179 e. The Balaban J connectivity index is 3.75. The number of ether oxygens (including phenoxy) is 7. The van der Waals surface area contributed by atoms with Gasteiger partial charge < -0.3 is 33.2 Å². The van der Waals surface area contributed by atoms with E-state index in [0.29, 0.717) is 0 Å². The zero-order chi connectivity index (χ0) is 30.2. The third-order valence-electron chi connectivity index (χ3n) is 7.49. The lowest BCUT2D eigenvalue weighted by Crippen LogP contribution is -2.22. The minimum atomic E-state index is -0.393. The summed E-state index contributed by atoms with van der Waals surface area (Å²) in [5, 5.41) is 0. The first-order valence-electron chi connectivity index (χ1n) is 16.3. The van der Waals surface area contributed by atoms with Gasteiger partial charge in [0.1, 0.15) is 0 Å². The van der Waals surface area contributed by atoms with E-state index in [9.17, 15) is 0 Å². The molecule has 0 aromatic rings. The fourth-order valence-corrected chi connectivity index (χ4v) is 4.84. The van der Waals surface area contributed by atoms with Crippen LogP contribution in [0.5, 0.6) is 0 Å². The van der Waals surface area contributed by atoms with Gasteiger partial charge in [-0.3, -0.25) is 0 Å². The number of unbranched alkanes of at least 4 members (excludes halogenated alkanes) is 16. The van der Waals surface area contributed by atoms with E-state index in [1.807, 2.05) is 12.2 Å².